The zero-order valence-corrected chi connectivity index (χ0v) is 10.8. The molecule has 1 aliphatic heterocycles. The predicted octanol–water partition coefficient (Wildman–Crippen LogP) is -2.93. The Morgan fingerprint density at radius 3 is 2.06 bits per heavy atom. The monoisotopic (exact) mass is 261 g/mol. The molecular formula is C11H23N3O4. The van der Waals surface area contributed by atoms with Gasteiger partial charge in [0.05, 0.1) is 31.9 Å². The molecule has 0 saturated carbocycles. The van der Waals surface area contributed by atoms with Crippen molar-refractivity contribution in [2.45, 2.75) is 5.54 Å². The third kappa shape index (κ3) is 3.89. The van der Waals surface area contributed by atoms with Crippen molar-refractivity contribution in [3.8, 4) is 0 Å². The van der Waals surface area contributed by atoms with Crippen LogP contribution in [-0.4, -0.2) is 96.2 Å². The van der Waals surface area contributed by atoms with Gasteiger partial charge in [0.2, 0.25) is 5.91 Å². The number of carbonyl (C=O) groups is 1. The van der Waals surface area contributed by atoms with E-state index in [4.69, 9.17) is 15.3 Å². The molecule has 0 aromatic heterocycles. The van der Waals surface area contributed by atoms with E-state index < -0.39 is 25.4 Å². The van der Waals surface area contributed by atoms with Gasteiger partial charge < -0.3 is 25.1 Å². The molecular weight excluding hydrogens is 238 g/mol. The van der Waals surface area contributed by atoms with Crippen molar-refractivity contribution in [3.63, 3.8) is 0 Å². The number of piperazine rings is 1. The Kier molecular flexibility index (Phi) is 5.97. The summed E-state index contributed by atoms with van der Waals surface area (Å²) in [5, 5.41) is 30.1. The number of hydrogen-bond donors (Lipinski definition) is 4. The molecule has 1 amide bonds. The van der Waals surface area contributed by atoms with Crippen molar-refractivity contribution in [2.24, 2.45) is 0 Å². The van der Waals surface area contributed by atoms with E-state index in [1.165, 1.54) is 0 Å². The number of rotatable bonds is 6. The number of carbonyl (C=O) groups excluding carboxylic acids is 1. The summed E-state index contributed by atoms with van der Waals surface area (Å²) >= 11 is 0. The molecule has 7 heteroatoms. The lowest BCUT2D eigenvalue weighted by Crippen LogP contribution is -2.58. The maximum atomic E-state index is 11.9. The Morgan fingerprint density at radius 2 is 1.61 bits per heavy atom. The fourth-order valence-electron chi connectivity index (χ4n) is 1.75. The van der Waals surface area contributed by atoms with E-state index in [0.29, 0.717) is 13.1 Å². The standard InChI is InChI=1S/C11H23N3O4/c1-13-2-4-14(5-3-13)10(18)6-12-11(7-15,8-16)9-17/h12,15-17H,2-9H2,1H3. The van der Waals surface area contributed by atoms with Crippen LogP contribution in [0.25, 0.3) is 0 Å². The first kappa shape index (κ1) is 15.3. The predicted molar refractivity (Wildman–Crippen MR) is 66.1 cm³/mol. The molecule has 1 heterocycles. The molecule has 7 nitrogen and oxygen atoms in total. The summed E-state index contributed by atoms with van der Waals surface area (Å²) in [4.78, 5) is 15.8. The van der Waals surface area contributed by atoms with Gasteiger partial charge in [0, 0.05) is 26.2 Å². The number of nitrogens with one attached hydrogen (secondary N) is 1. The van der Waals surface area contributed by atoms with Crippen LogP contribution in [-0.2, 0) is 4.79 Å². The molecule has 1 aliphatic rings. The van der Waals surface area contributed by atoms with Crippen LogP contribution in [0.1, 0.15) is 0 Å². The molecule has 106 valence electrons. The molecule has 1 fully saturated rings. The zero-order valence-electron chi connectivity index (χ0n) is 10.8. The summed E-state index contributed by atoms with van der Waals surface area (Å²) in [5.41, 5.74) is -1.19. The molecule has 1 rings (SSSR count). The highest BCUT2D eigenvalue weighted by atomic mass is 16.3. The van der Waals surface area contributed by atoms with Crippen LogP contribution in [0.4, 0.5) is 0 Å². The fraction of sp³-hybridized carbons (Fsp3) is 0.909. The van der Waals surface area contributed by atoms with Gasteiger partial charge >= 0.3 is 0 Å². The Hall–Kier alpha value is -0.730. The summed E-state index contributed by atoms with van der Waals surface area (Å²) in [6.45, 7) is 1.80. The number of aliphatic hydroxyl groups is 3. The number of nitrogens with zero attached hydrogens (tertiary/aromatic N) is 2. The Labute approximate surface area is 107 Å². The van der Waals surface area contributed by atoms with Gasteiger partial charge in [-0.1, -0.05) is 0 Å². The van der Waals surface area contributed by atoms with E-state index in [0.717, 1.165) is 13.1 Å². The Morgan fingerprint density at radius 1 is 1.11 bits per heavy atom. The van der Waals surface area contributed by atoms with E-state index >= 15 is 0 Å². The molecule has 0 unspecified atom stereocenters. The normalized spacial score (nSPS) is 18.1. The average Bonchev–Trinajstić information content (AvgIpc) is 2.41. The van der Waals surface area contributed by atoms with Gasteiger partial charge in [0.25, 0.3) is 0 Å². The summed E-state index contributed by atoms with van der Waals surface area (Å²) < 4.78 is 0. The number of aliphatic hydroxyl groups excluding tert-OH is 3. The minimum atomic E-state index is -1.19. The molecule has 0 aliphatic carbocycles. The lowest BCUT2D eigenvalue weighted by Gasteiger charge is -2.34. The fourth-order valence-corrected chi connectivity index (χ4v) is 1.75. The van der Waals surface area contributed by atoms with E-state index in [1.807, 2.05) is 7.05 Å². The minimum absolute atomic E-state index is 0.00535. The number of likely N-dealkylation sites (N-methyl/N-ethyl adjacent to an activating group) is 1. The lowest BCUT2D eigenvalue weighted by atomic mass is 10.0. The maximum Gasteiger partial charge on any atom is 0.236 e. The molecule has 4 N–H and O–H groups in total. The second-order valence-corrected chi connectivity index (χ2v) is 4.79. The zero-order chi connectivity index (χ0) is 13.6. The van der Waals surface area contributed by atoms with Crippen molar-refractivity contribution in [1.82, 2.24) is 15.1 Å². The summed E-state index contributed by atoms with van der Waals surface area (Å²) in [6.07, 6.45) is 0. The van der Waals surface area contributed by atoms with Crippen LogP contribution in [0.3, 0.4) is 0 Å². The molecule has 0 aromatic rings. The first-order valence-corrected chi connectivity index (χ1v) is 6.11. The topological polar surface area (TPSA) is 96.3 Å². The molecule has 0 radical (unpaired) electrons. The SMILES string of the molecule is CN1CCN(C(=O)CNC(CO)(CO)CO)CC1. The Balaban J connectivity index is 2.40. The summed E-state index contributed by atoms with van der Waals surface area (Å²) in [5.74, 6) is -0.0807. The highest BCUT2D eigenvalue weighted by Gasteiger charge is 2.29. The van der Waals surface area contributed by atoms with Crippen molar-refractivity contribution in [1.29, 1.82) is 0 Å². The third-order valence-electron chi connectivity index (χ3n) is 3.38. The number of amides is 1. The van der Waals surface area contributed by atoms with Gasteiger partial charge in [0.1, 0.15) is 0 Å². The highest BCUT2D eigenvalue weighted by Crippen LogP contribution is 2.03. The molecule has 18 heavy (non-hydrogen) atoms. The van der Waals surface area contributed by atoms with Crippen LogP contribution < -0.4 is 5.32 Å². The van der Waals surface area contributed by atoms with Crippen molar-refractivity contribution in [3.05, 3.63) is 0 Å². The minimum Gasteiger partial charge on any atom is -0.394 e. The largest absolute Gasteiger partial charge is 0.394 e. The first-order chi connectivity index (χ1) is 8.56. The van der Waals surface area contributed by atoms with Gasteiger partial charge in [-0.25, -0.2) is 0 Å². The average molecular weight is 261 g/mol. The second kappa shape index (κ2) is 7.01. The van der Waals surface area contributed by atoms with E-state index in [2.05, 4.69) is 10.2 Å². The van der Waals surface area contributed by atoms with Crippen LogP contribution in [0.15, 0.2) is 0 Å². The summed E-state index contributed by atoms with van der Waals surface area (Å²) in [6, 6.07) is 0. The van der Waals surface area contributed by atoms with Crippen LogP contribution in [0.5, 0.6) is 0 Å². The smallest absolute Gasteiger partial charge is 0.236 e. The molecule has 0 atom stereocenters. The highest BCUT2D eigenvalue weighted by molar-refractivity contribution is 5.78. The molecule has 0 spiro atoms. The quantitative estimate of drug-likeness (QED) is 0.409. The molecule has 0 aromatic carbocycles. The van der Waals surface area contributed by atoms with E-state index in [9.17, 15) is 4.79 Å². The van der Waals surface area contributed by atoms with Crippen LogP contribution in [0, 0.1) is 0 Å². The van der Waals surface area contributed by atoms with Crippen LogP contribution in [0.2, 0.25) is 0 Å². The third-order valence-corrected chi connectivity index (χ3v) is 3.38. The van der Waals surface area contributed by atoms with E-state index in [-0.39, 0.29) is 12.5 Å². The maximum absolute atomic E-state index is 11.9. The van der Waals surface area contributed by atoms with Gasteiger partial charge in [0.15, 0.2) is 0 Å². The van der Waals surface area contributed by atoms with Gasteiger partial charge in [-0.3, -0.25) is 10.1 Å². The van der Waals surface area contributed by atoms with Crippen molar-refractivity contribution < 1.29 is 20.1 Å². The van der Waals surface area contributed by atoms with Gasteiger partial charge in [-0.15, -0.1) is 0 Å². The lowest BCUT2D eigenvalue weighted by molar-refractivity contribution is -0.132. The van der Waals surface area contributed by atoms with Gasteiger partial charge in [-0.2, -0.15) is 0 Å². The Bertz CT molecular complexity index is 255. The van der Waals surface area contributed by atoms with Crippen LogP contribution >= 0.6 is 0 Å². The summed E-state index contributed by atoms with van der Waals surface area (Å²) in [7, 11) is 2.01. The van der Waals surface area contributed by atoms with E-state index in [1.54, 1.807) is 4.90 Å². The van der Waals surface area contributed by atoms with Crippen molar-refractivity contribution in [2.75, 3.05) is 59.6 Å². The van der Waals surface area contributed by atoms with Crippen molar-refractivity contribution >= 4 is 5.91 Å². The molecule has 0 bridgehead atoms. The molecule has 1 saturated heterocycles. The van der Waals surface area contributed by atoms with Gasteiger partial charge in [-0.05, 0) is 7.05 Å². The first-order valence-electron chi connectivity index (χ1n) is 6.11. The second-order valence-electron chi connectivity index (χ2n) is 4.79. The number of hydrogen-bond acceptors (Lipinski definition) is 6.